The Morgan fingerprint density at radius 3 is 2.56 bits per heavy atom. The minimum atomic E-state index is -0.241. The van der Waals surface area contributed by atoms with Gasteiger partial charge in [0.05, 0.1) is 13.7 Å². The van der Waals surface area contributed by atoms with Crippen LogP contribution in [0.5, 0.6) is 5.75 Å². The number of piperidine rings is 1. The third-order valence-electron chi connectivity index (χ3n) is 7.06. The number of nitrogens with one attached hydrogen (secondary N) is 1. The Morgan fingerprint density at radius 1 is 1.03 bits per heavy atom. The summed E-state index contributed by atoms with van der Waals surface area (Å²) in [7, 11) is 1.46. The van der Waals surface area contributed by atoms with E-state index in [0.717, 1.165) is 73.6 Å². The van der Waals surface area contributed by atoms with Gasteiger partial charge in [-0.05, 0) is 91.7 Å². The summed E-state index contributed by atoms with van der Waals surface area (Å²) in [4.78, 5) is 14.9. The van der Waals surface area contributed by atoms with Gasteiger partial charge in [0.1, 0.15) is 12.4 Å². The molecule has 0 spiro atoms. The predicted molar refractivity (Wildman–Crippen MR) is 146 cm³/mol. The zero-order chi connectivity index (χ0) is 25.2. The summed E-state index contributed by atoms with van der Waals surface area (Å²) in [6, 6.07) is 14.8. The lowest BCUT2D eigenvalue weighted by atomic mass is 9.96. The molecule has 2 aromatic rings. The van der Waals surface area contributed by atoms with Gasteiger partial charge in [0, 0.05) is 31.0 Å². The van der Waals surface area contributed by atoms with E-state index >= 15 is 0 Å². The molecule has 2 aromatic carbocycles. The predicted octanol–water partition coefficient (Wildman–Crippen LogP) is 5.32. The quantitative estimate of drug-likeness (QED) is 0.339. The number of rotatable bonds is 11. The van der Waals surface area contributed by atoms with Crippen LogP contribution in [0.1, 0.15) is 44.6 Å². The summed E-state index contributed by atoms with van der Waals surface area (Å²) in [6.07, 6.45) is 7.32. The van der Waals surface area contributed by atoms with Crippen molar-refractivity contribution >= 4 is 17.7 Å². The number of hydrogen-bond acceptors (Lipinski definition) is 6. The molecule has 0 atom stereocenters. The first-order valence-electron chi connectivity index (χ1n) is 13.4. The van der Waals surface area contributed by atoms with E-state index in [1.807, 2.05) is 18.2 Å². The lowest BCUT2D eigenvalue weighted by molar-refractivity contribution is -0.136. The van der Waals surface area contributed by atoms with Crippen LogP contribution in [0.4, 0.5) is 5.69 Å². The fourth-order valence-corrected chi connectivity index (χ4v) is 4.94. The van der Waals surface area contributed by atoms with Crippen molar-refractivity contribution in [3.63, 3.8) is 0 Å². The highest BCUT2D eigenvalue weighted by Gasteiger charge is 2.23. The van der Waals surface area contributed by atoms with E-state index in [1.54, 1.807) is 0 Å². The summed E-state index contributed by atoms with van der Waals surface area (Å²) in [6.45, 7) is 8.12. The molecule has 6 nitrogen and oxygen atoms in total. The van der Waals surface area contributed by atoms with Crippen LogP contribution >= 0.6 is 0 Å². The smallest absolute Gasteiger partial charge is 0.333 e. The van der Waals surface area contributed by atoms with Crippen LogP contribution in [0.25, 0.3) is 17.2 Å². The molecule has 36 heavy (non-hydrogen) atoms. The number of ether oxygens (including phenoxy) is 3. The van der Waals surface area contributed by atoms with Crippen LogP contribution in [0, 0.1) is 5.92 Å². The maximum absolute atomic E-state index is 12.4. The van der Waals surface area contributed by atoms with E-state index in [9.17, 15) is 4.79 Å². The van der Waals surface area contributed by atoms with E-state index in [0.29, 0.717) is 25.6 Å². The largest absolute Gasteiger partial charge is 0.491 e. The number of esters is 1. The zero-order valence-electron chi connectivity index (χ0n) is 21.8. The molecule has 0 saturated carbocycles. The third kappa shape index (κ3) is 7.11. The molecule has 2 heterocycles. The lowest BCUT2D eigenvalue weighted by Gasteiger charge is -2.32. The number of hydrogen-bond donors (Lipinski definition) is 1. The molecule has 0 bridgehead atoms. The minimum Gasteiger partial charge on any atom is -0.491 e. The van der Waals surface area contributed by atoms with Crippen molar-refractivity contribution in [3.8, 4) is 16.9 Å². The van der Waals surface area contributed by atoms with E-state index in [2.05, 4.69) is 47.5 Å². The second-order valence-electron chi connectivity index (χ2n) is 9.66. The van der Waals surface area contributed by atoms with Crippen molar-refractivity contribution in [1.82, 2.24) is 5.32 Å². The highest BCUT2D eigenvalue weighted by atomic mass is 16.5. The molecule has 1 saturated heterocycles. The first-order chi connectivity index (χ1) is 17.7. The molecule has 0 aromatic heterocycles. The van der Waals surface area contributed by atoms with Crippen molar-refractivity contribution in [1.29, 1.82) is 0 Å². The Labute approximate surface area is 215 Å². The Hall–Kier alpha value is -2.83. The number of benzene rings is 2. The van der Waals surface area contributed by atoms with Crippen LogP contribution < -0.4 is 15.0 Å². The third-order valence-corrected chi connectivity index (χ3v) is 7.06. The van der Waals surface area contributed by atoms with Crippen LogP contribution in [0.15, 0.2) is 48.0 Å². The normalized spacial score (nSPS) is 16.2. The van der Waals surface area contributed by atoms with E-state index in [1.165, 1.54) is 25.6 Å². The lowest BCUT2D eigenvalue weighted by Crippen LogP contribution is -2.37. The van der Waals surface area contributed by atoms with Gasteiger partial charge in [0.25, 0.3) is 0 Å². The zero-order valence-corrected chi connectivity index (χ0v) is 21.8. The fourth-order valence-electron chi connectivity index (χ4n) is 4.94. The molecule has 0 radical (unpaired) electrons. The first-order valence-corrected chi connectivity index (χ1v) is 13.4. The van der Waals surface area contributed by atoms with Crippen LogP contribution in [0.2, 0.25) is 0 Å². The molecule has 0 amide bonds. The van der Waals surface area contributed by atoms with Gasteiger partial charge in [0.2, 0.25) is 0 Å². The Kier molecular flexibility index (Phi) is 9.82. The highest BCUT2D eigenvalue weighted by Crippen LogP contribution is 2.34. The summed E-state index contributed by atoms with van der Waals surface area (Å²) in [5.41, 5.74) is 5.23. The molecule has 4 rings (SSSR count). The number of carbonyl (C=O) groups is 1. The van der Waals surface area contributed by atoms with Gasteiger partial charge < -0.3 is 24.4 Å². The Bertz CT molecular complexity index is 1010. The average Bonchev–Trinajstić information content (AvgIpc) is 3.10. The van der Waals surface area contributed by atoms with E-state index in [-0.39, 0.29) is 5.97 Å². The Balaban J connectivity index is 1.49. The number of fused-ring (bicyclic) bond motifs is 1. The van der Waals surface area contributed by atoms with Crippen LogP contribution in [0.3, 0.4) is 0 Å². The van der Waals surface area contributed by atoms with E-state index < -0.39 is 0 Å². The molecule has 1 N–H and O–H groups in total. The standard InChI is InChI=1S/C30H40N2O4/c1-3-4-17-35-18-19-36-28-8-5-24(6-9-28)25-7-10-29-27(20-25)21-26(30(33)34-2)13-16-32(29)22-23-11-14-31-15-12-23/h5-10,20-21,23,31H,3-4,11-19,22H2,1-2H3. The number of anilines is 1. The molecule has 0 unspecified atom stereocenters. The summed E-state index contributed by atoms with van der Waals surface area (Å²) >= 11 is 0. The summed E-state index contributed by atoms with van der Waals surface area (Å²) in [5.74, 6) is 1.27. The molecule has 0 aliphatic carbocycles. The molecular formula is C30H40N2O4. The van der Waals surface area contributed by atoms with Gasteiger partial charge in [-0.15, -0.1) is 0 Å². The number of carbonyl (C=O) groups excluding carboxylic acids is 1. The maximum atomic E-state index is 12.4. The SMILES string of the molecule is CCCCOCCOc1ccc(-c2ccc3c(c2)C=C(C(=O)OC)CCN3CC2CCNCC2)cc1. The van der Waals surface area contributed by atoms with Crippen molar-refractivity contribution in [2.45, 2.75) is 39.0 Å². The topological polar surface area (TPSA) is 60.0 Å². The second-order valence-corrected chi connectivity index (χ2v) is 9.66. The maximum Gasteiger partial charge on any atom is 0.333 e. The number of methoxy groups -OCH3 is 1. The van der Waals surface area contributed by atoms with Gasteiger partial charge in [-0.3, -0.25) is 0 Å². The first kappa shape index (κ1) is 26.2. The highest BCUT2D eigenvalue weighted by molar-refractivity contribution is 5.96. The van der Waals surface area contributed by atoms with E-state index in [4.69, 9.17) is 14.2 Å². The molecule has 194 valence electrons. The van der Waals surface area contributed by atoms with Gasteiger partial charge >= 0.3 is 5.97 Å². The van der Waals surface area contributed by atoms with Crippen molar-refractivity contribution in [3.05, 3.63) is 53.6 Å². The molecular weight excluding hydrogens is 452 g/mol. The summed E-state index contributed by atoms with van der Waals surface area (Å²) in [5, 5.41) is 3.46. The van der Waals surface area contributed by atoms with Gasteiger partial charge in [-0.25, -0.2) is 4.79 Å². The van der Waals surface area contributed by atoms with Gasteiger partial charge in [-0.1, -0.05) is 31.5 Å². The van der Waals surface area contributed by atoms with Crippen LogP contribution in [-0.2, 0) is 14.3 Å². The minimum absolute atomic E-state index is 0.241. The van der Waals surface area contributed by atoms with Gasteiger partial charge in [0.15, 0.2) is 0 Å². The molecule has 2 aliphatic rings. The van der Waals surface area contributed by atoms with Crippen molar-refractivity contribution in [2.24, 2.45) is 5.92 Å². The monoisotopic (exact) mass is 492 g/mol. The Morgan fingerprint density at radius 2 is 1.81 bits per heavy atom. The van der Waals surface area contributed by atoms with Crippen molar-refractivity contribution < 1.29 is 19.0 Å². The molecule has 2 aliphatic heterocycles. The molecule has 6 heteroatoms. The fraction of sp³-hybridized carbons (Fsp3) is 0.500. The average molecular weight is 493 g/mol. The molecule has 1 fully saturated rings. The van der Waals surface area contributed by atoms with Crippen LogP contribution in [-0.4, -0.2) is 59.1 Å². The summed E-state index contributed by atoms with van der Waals surface area (Å²) < 4.78 is 16.5. The van der Waals surface area contributed by atoms with Crippen molar-refractivity contribution in [2.75, 3.05) is 58.0 Å². The number of unbranched alkanes of at least 4 members (excludes halogenated alkanes) is 1. The number of nitrogens with zero attached hydrogens (tertiary/aromatic N) is 1. The van der Waals surface area contributed by atoms with Gasteiger partial charge in [-0.2, -0.15) is 0 Å². The second kappa shape index (κ2) is 13.5.